The monoisotopic (exact) mass is 296 g/mol. The van der Waals surface area contributed by atoms with Crippen LogP contribution < -0.4 is 5.32 Å². The van der Waals surface area contributed by atoms with E-state index in [0.29, 0.717) is 5.41 Å². The SMILES string of the molecule is CC1(C)CN=C(Nc2ccccc2-c2ccccc2)SC1. The largest absolute Gasteiger partial charge is 0.334 e. The number of aliphatic imine (C=N–C) groups is 1. The molecule has 1 aliphatic heterocycles. The van der Waals surface area contributed by atoms with Crippen molar-refractivity contribution in [1.29, 1.82) is 0 Å². The molecule has 0 atom stereocenters. The zero-order chi connectivity index (χ0) is 14.7. The van der Waals surface area contributed by atoms with Gasteiger partial charge in [-0.1, -0.05) is 74.1 Å². The first kappa shape index (κ1) is 14.2. The van der Waals surface area contributed by atoms with Crippen LogP contribution >= 0.6 is 11.8 Å². The summed E-state index contributed by atoms with van der Waals surface area (Å²) >= 11 is 1.81. The number of benzene rings is 2. The van der Waals surface area contributed by atoms with Gasteiger partial charge in [-0.3, -0.25) is 4.99 Å². The number of rotatable bonds is 2. The molecule has 0 amide bonds. The van der Waals surface area contributed by atoms with E-state index in [-0.39, 0.29) is 0 Å². The van der Waals surface area contributed by atoms with Gasteiger partial charge >= 0.3 is 0 Å². The van der Waals surface area contributed by atoms with Gasteiger partial charge < -0.3 is 5.32 Å². The molecule has 0 bridgehead atoms. The molecule has 3 heteroatoms. The van der Waals surface area contributed by atoms with Crippen LogP contribution in [0.4, 0.5) is 5.69 Å². The van der Waals surface area contributed by atoms with Crippen LogP contribution in [0.15, 0.2) is 59.6 Å². The average Bonchev–Trinajstić information content (AvgIpc) is 2.51. The van der Waals surface area contributed by atoms with Gasteiger partial charge in [0.05, 0.1) is 0 Å². The third-order valence-corrected chi connectivity index (χ3v) is 4.93. The molecule has 0 unspecified atom stereocenters. The quantitative estimate of drug-likeness (QED) is 0.853. The van der Waals surface area contributed by atoms with Crippen LogP contribution in [0.3, 0.4) is 0 Å². The lowest BCUT2D eigenvalue weighted by molar-refractivity contribution is 0.438. The fraction of sp³-hybridized carbons (Fsp3) is 0.278. The fourth-order valence-electron chi connectivity index (χ4n) is 2.29. The Bertz CT molecular complexity index is 647. The van der Waals surface area contributed by atoms with Crippen LogP contribution in [0, 0.1) is 5.41 Å². The summed E-state index contributed by atoms with van der Waals surface area (Å²) in [4.78, 5) is 4.68. The highest BCUT2D eigenvalue weighted by molar-refractivity contribution is 8.14. The highest BCUT2D eigenvalue weighted by Gasteiger charge is 2.23. The summed E-state index contributed by atoms with van der Waals surface area (Å²) in [6, 6.07) is 18.9. The van der Waals surface area contributed by atoms with Crippen LogP contribution in [0.5, 0.6) is 0 Å². The van der Waals surface area contributed by atoms with Gasteiger partial charge in [-0.25, -0.2) is 0 Å². The van der Waals surface area contributed by atoms with E-state index in [1.165, 1.54) is 11.1 Å². The molecule has 0 radical (unpaired) electrons. The Morgan fingerprint density at radius 1 is 1.00 bits per heavy atom. The van der Waals surface area contributed by atoms with Gasteiger partial charge in [0.2, 0.25) is 0 Å². The molecule has 0 fully saturated rings. The minimum Gasteiger partial charge on any atom is -0.334 e. The molecule has 0 aliphatic carbocycles. The summed E-state index contributed by atoms with van der Waals surface area (Å²) < 4.78 is 0. The van der Waals surface area contributed by atoms with Crippen molar-refractivity contribution in [2.24, 2.45) is 10.4 Å². The fourth-order valence-corrected chi connectivity index (χ4v) is 3.25. The third kappa shape index (κ3) is 3.48. The highest BCUT2D eigenvalue weighted by Crippen LogP contribution is 2.31. The Balaban J connectivity index is 1.86. The van der Waals surface area contributed by atoms with Gasteiger partial charge in [-0.05, 0) is 17.0 Å². The van der Waals surface area contributed by atoms with Gasteiger partial charge in [0.15, 0.2) is 5.17 Å². The molecule has 2 aromatic rings. The van der Waals surface area contributed by atoms with E-state index in [0.717, 1.165) is 23.2 Å². The van der Waals surface area contributed by atoms with Crippen molar-refractivity contribution < 1.29 is 0 Å². The molecule has 0 aromatic heterocycles. The molecule has 1 N–H and O–H groups in total. The van der Waals surface area contributed by atoms with Crippen molar-refractivity contribution in [3.8, 4) is 11.1 Å². The number of hydrogen-bond donors (Lipinski definition) is 1. The molecule has 0 saturated carbocycles. The standard InChI is InChI=1S/C18H20N2S/c1-18(2)12-19-17(21-13-18)20-16-11-7-6-10-15(16)14-8-4-3-5-9-14/h3-11H,12-13H2,1-2H3,(H,19,20). The zero-order valence-electron chi connectivity index (χ0n) is 12.5. The molecule has 2 aromatic carbocycles. The number of nitrogens with zero attached hydrogens (tertiary/aromatic N) is 1. The van der Waals surface area contributed by atoms with Crippen molar-refractivity contribution in [3.63, 3.8) is 0 Å². The molecule has 21 heavy (non-hydrogen) atoms. The summed E-state index contributed by atoms with van der Waals surface area (Å²) in [5.74, 6) is 1.10. The number of thioether (sulfide) groups is 1. The first-order chi connectivity index (χ1) is 10.1. The molecule has 0 spiro atoms. The van der Waals surface area contributed by atoms with Crippen molar-refractivity contribution in [3.05, 3.63) is 54.6 Å². The summed E-state index contributed by atoms with van der Waals surface area (Å²) in [6.07, 6.45) is 0. The first-order valence-electron chi connectivity index (χ1n) is 7.23. The van der Waals surface area contributed by atoms with E-state index in [4.69, 9.17) is 0 Å². The summed E-state index contributed by atoms with van der Waals surface area (Å²) in [7, 11) is 0. The second-order valence-electron chi connectivity index (χ2n) is 6.11. The molecule has 0 saturated heterocycles. The molecule has 1 heterocycles. The van der Waals surface area contributed by atoms with E-state index in [1.807, 2.05) is 17.8 Å². The second kappa shape index (κ2) is 5.94. The zero-order valence-corrected chi connectivity index (χ0v) is 13.3. The summed E-state index contributed by atoms with van der Waals surface area (Å²) in [5, 5.41) is 4.52. The predicted molar refractivity (Wildman–Crippen MR) is 94.0 cm³/mol. The van der Waals surface area contributed by atoms with Gasteiger partial charge in [-0.2, -0.15) is 0 Å². The number of amidine groups is 1. The van der Waals surface area contributed by atoms with Crippen molar-refractivity contribution in [2.45, 2.75) is 13.8 Å². The van der Waals surface area contributed by atoms with Crippen LogP contribution in [-0.4, -0.2) is 17.5 Å². The molecule has 3 rings (SSSR count). The Kier molecular flexibility index (Phi) is 4.02. The summed E-state index contributed by atoms with van der Waals surface area (Å²) in [6.45, 7) is 5.41. The van der Waals surface area contributed by atoms with E-state index < -0.39 is 0 Å². The Morgan fingerprint density at radius 3 is 2.43 bits per heavy atom. The third-order valence-electron chi connectivity index (χ3n) is 3.50. The minimum absolute atomic E-state index is 0.300. The van der Waals surface area contributed by atoms with Gasteiger partial charge in [-0.15, -0.1) is 0 Å². The van der Waals surface area contributed by atoms with Crippen LogP contribution in [0.1, 0.15) is 13.8 Å². The lowest BCUT2D eigenvalue weighted by atomic mass is 9.97. The Labute approximate surface area is 130 Å². The normalized spacial score (nSPS) is 17.1. The molecular weight excluding hydrogens is 276 g/mol. The molecule has 108 valence electrons. The van der Waals surface area contributed by atoms with Crippen molar-refractivity contribution >= 4 is 22.6 Å². The number of anilines is 1. The molecule has 1 aliphatic rings. The smallest absolute Gasteiger partial charge is 0.161 e. The molecular formula is C18H20N2S. The number of hydrogen-bond acceptors (Lipinski definition) is 3. The van der Waals surface area contributed by atoms with E-state index in [2.05, 4.69) is 72.7 Å². The number of nitrogens with one attached hydrogen (secondary N) is 1. The average molecular weight is 296 g/mol. The van der Waals surface area contributed by atoms with E-state index >= 15 is 0 Å². The maximum Gasteiger partial charge on any atom is 0.161 e. The topological polar surface area (TPSA) is 24.4 Å². The maximum atomic E-state index is 4.68. The second-order valence-corrected chi connectivity index (χ2v) is 7.07. The van der Waals surface area contributed by atoms with E-state index in [9.17, 15) is 0 Å². The van der Waals surface area contributed by atoms with E-state index in [1.54, 1.807) is 0 Å². The maximum absolute atomic E-state index is 4.68. The van der Waals surface area contributed by atoms with Gasteiger partial charge in [0.25, 0.3) is 0 Å². The lowest BCUT2D eigenvalue weighted by Crippen LogP contribution is -2.27. The Morgan fingerprint density at radius 2 is 1.71 bits per heavy atom. The molecule has 2 nitrogen and oxygen atoms in total. The Hall–Kier alpha value is -1.74. The van der Waals surface area contributed by atoms with Crippen LogP contribution in [0.2, 0.25) is 0 Å². The van der Waals surface area contributed by atoms with Crippen LogP contribution in [0.25, 0.3) is 11.1 Å². The lowest BCUT2D eigenvalue weighted by Gasteiger charge is -2.27. The van der Waals surface area contributed by atoms with Gasteiger partial charge in [0.1, 0.15) is 0 Å². The summed E-state index contributed by atoms with van der Waals surface area (Å²) in [5.41, 5.74) is 3.86. The van der Waals surface area contributed by atoms with Gasteiger partial charge in [0, 0.05) is 23.5 Å². The minimum atomic E-state index is 0.300. The first-order valence-corrected chi connectivity index (χ1v) is 8.21. The van der Waals surface area contributed by atoms with Crippen molar-refractivity contribution in [1.82, 2.24) is 0 Å². The van der Waals surface area contributed by atoms with Crippen LogP contribution in [-0.2, 0) is 0 Å². The highest BCUT2D eigenvalue weighted by atomic mass is 32.2. The predicted octanol–water partition coefficient (Wildman–Crippen LogP) is 4.89. The van der Waals surface area contributed by atoms with Crippen molar-refractivity contribution in [2.75, 3.05) is 17.6 Å². The number of para-hydroxylation sites is 1.